The number of aromatic nitrogens is 4. The van der Waals surface area contributed by atoms with Crippen LogP contribution in [0.3, 0.4) is 0 Å². The minimum Gasteiger partial charge on any atom is -0.382 e. The van der Waals surface area contributed by atoms with Crippen LogP contribution in [0.4, 0.5) is 17.3 Å². The van der Waals surface area contributed by atoms with Crippen molar-refractivity contribution in [1.82, 2.24) is 25.5 Å². The molecule has 1 aliphatic heterocycles. The van der Waals surface area contributed by atoms with Crippen LogP contribution in [0.5, 0.6) is 0 Å². The smallest absolute Gasteiger partial charge is 0.259 e. The van der Waals surface area contributed by atoms with Crippen LogP contribution >= 0.6 is 0 Å². The van der Waals surface area contributed by atoms with E-state index in [0.717, 1.165) is 25.9 Å². The molecule has 0 aliphatic carbocycles. The second-order valence-electron chi connectivity index (χ2n) is 6.09. The molecule has 0 atom stereocenters. The van der Waals surface area contributed by atoms with E-state index < -0.39 is 10.0 Å². The molecule has 3 heterocycles. The summed E-state index contributed by atoms with van der Waals surface area (Å²) in [4.78, 5) is 7.93. The molecule has 0 spiro atoms. The second-order valence-corrected chi connectivity index (χ2v) is 7.57. The predicted molar refractivity (Wildman–Crippen MR) is 97.5 cm³/mol. The minimum atomic E-state index is -4.03. The maximum atomic E-state index is 11.8. The third-order valence-electron chi connectivity index (χ3n) is 4.09. The van der Waals surface area contributed by atoms with Gasteiger partial charge in [-0.25, -0.2) is 23.5 Å². The highest BCUT2D eigenvalue weighted by Crippen LogP contribution is 2.23. The van der Waals surface area contributed by atoms with E-state index in [4.69, 9.17) is 10.4 Å². The molecule has 0 amide bonds. The highest BCUT2D eigenvalue weighted by Gasteiger charge is 2.20. The van der Waals surface area contributed by atoms with Gasteiger partial charge in [-0.15, -0.1) is 10.2 Å². The van der Waals surface area contributed by atoms with Gasteiger partial charge >= 0.3 is 0 Å². The van der Waals surface area contributed by atoms with Gasteiger partial charge in [0.15, 0.2) is 11.5 Å². The molecule has 1 saturated heterocycles. The van der Waals surface area contributed by atoms with Crippen LogP contribution < -0.4 is 21.1 Å². The lowest BCUT2D eigenvalue weighted by atomic mass is 9.98. The van der Waals surface area contributed by atoms with Gasteiger partial charge in [-0.2, -0.15) is 5.26 Å². The summed E-state index contributed by atoms with van der Waals surface area (Å²) in [7, 11) is -4.03. The number of hydrogen-bond donors (Lipinski definition) is 4. The lowest BCUT2D eigenvalue weighted by Crippen LogP contribution is -2.31. The first-order valence-electron chi connectivity index (χ1n) is 8.30. The Hall–Kier alpha value is -2.88. The van der Waals surface area contributed by atoms with Gasteiger partial charge in [0.1, 0.15) is 11.9 Å². The average Bonchev–Trinajstić information content (AvgIpc) is 2.67. The zero-order valence-electron chi connectivity index (χ0n) is 14.4. The summed E-state index contributed by atoms with van der Waals surface area (Å²) in [5, 5.41) is 30.5. The molecule has 5 N–H and O–H groups in total. The number of nitriles is 1. The number of piperidine rings is 1. The molecule has 1 aliphatic rings. The monoisotopic (exact) mass is 389 g/mol. The van der Waals surface area contributed by atoms with Gasteiger partial charge in [-0.1, -0.05) is 0 Å². The van der Waals surface area contributed by atoms with E-state index in [9.17, 15) is 8.42 Å². The molecule has 0 saturated carbocycles. The maximum Gasteiger partial charge on any atom is 0.259 e. The highest BCUT2D eigenvalue weighted by molar-refractivity contribution is 7.89. The molecular weight excluding hydrogens is 370 g/mol. The zero-order chi connectivity index (χ0) is 19.3. The summed E-state index contributed by atoms with van der Waals surface area (Å²) in [6.07, 6.45) is 4.69. The lowest BCUT2D eigenvalue weighted by molar-refractivity contribution is 0.389. The molecule has 0 aromatic carbocycles. The quantitative estimate of drug-likeness (QED) is 0.524. The largest absolute Gasteiger partial charge is 0.382 e. The molecule has 3 rings (SSSR count). The van der Waals surface area contributed by atoms with Crippen LogP contribution in [-0.2, 0) is 10.0 Å². The summed E-state index contributed by atoms with van der Waals surface area (Å²) in [5.41, 5.74) is 0.454. The molecule has 142 valence electrons. The van der Waals surface area contributed by atoms with Crippen molar-refractivity contribution in [3.63, 3.8) is 0 Å². The van der Waals surface area contributed by atoms with Crippen molar-refractivity contribution < 1.29 is 8.42 Å². The van der Waals surface area contributed by atoms with Crippen LogP contribution in [0.15, 0.2) is 23.5 Å². The van der Waals surface area contributed by atoms with Crippen LogP contribution in [0.25, 0.3) is 0 Å². The Bertz CT molecular complexity index is 935. The Kier molecular flexibility index (Phi) is 5.75. The summed E-state index contributed by atoms with van der Waals surface area (Å²) in [6, 6.07) is 3.38. The van der Waals surface area contributed by atoms with Gasteiger partial charge < -0.3 is 16.0 Å². The fraction of sp³-hybridized carbons (Fsp3) is 0.400. The third-order valence-corrected chi connectivity index (χ3v) is 4.93. The van der Waals surface area contributed by atoms with Crippen molar-refractivity contribution in [2.24, 2.45) is 11.1 Å². The number of sulfonamides is 1. The Morgan fingerprint density at radius 1 is 1.22 bits per heavy atom. The number of nitrogens with one attached hydrogen (secondary N) is 3. The molecule has 1 fully saturated rings. The van der Waals surface area contributed by atoms with Gasteiger partial charge in [-0.3, -0.25) is 0 Å². The SMILES string of the molecule is N#Cc1cnc(Nc2cc(NCC3CCNCC3)c(S(N)(=O)=O)nn2)cn1. The first-order valence-corrected chi connectivity index (χ1v) is 9.84. The van der Waals surface area contributed by atoms with E-state index in [1.165, 1.54) is 18.5 Å². The van der Waals surface area contributed by atoms with E-state index in [0.29, 0.717) is 18.3 Å². The molecule has 0 unspecified atom stereocenters. The van der Waals surface area contributed by atoms with Crippen molar-refractivity contribution in [3.05, 3.63) is 24.2 Å². The topological polar surface area (TPSA) is 172 Å². The van der Waals surface area contributed by atoms with Gasteiger partial charge in [0.2, 0.25) is 5.03 Å². The Balaban J connectivity index is 1.79. The van der Waals surface area contributed by atoms with Crippen LogP contribution in [-0.4, -0.2) is 48.2 Å². The molecule has 11 nitrogen and oxygen atoms in total. The summed E-state index contributed by atoms with van der Waals surface area (Å²) >= 11 is 0. The van der Waals surface area contributed by atoms with Crippen LogP contribution in [0.2, 0.25) is 0 Å². The lowest BCUT2D eigenvalue weighted by Gasteiger charge is -2.23. The van der Waals surface area contributed by atoms with E-state index in [2.05, 4.69) is 36.1 Å². The number of rotatable bonds is 6. The number of nitrogens with two attached hydrogens (primary N) is 1. The third kappa shape index (κ3) is 5.07. The summed E-state index contributed by atoms with van der Waals surface area (Å²) in [6.45, 7) is 2.48. The van der Waals surface area contributed by atoms with Crippen LogP contribution in [0.1, 0.15) is 18.5 Å². The van der Waals surface area contributed by atoms with E-state index in [1.54, 1.807) is 0 Å². The normalized spacial score (nSPS) is 15.1. The summed E-state index contributed by atoms with van der Waals surface area (Å²) < 4.78 is 23.6. The average molecular weight is 389 g/mol. The molecule has 27 heavy (non-hydrogen) atoms. The van der Waals surface area contributed by atoms with E-state index in [1.807, 2.05) is 6.07 Å². The van der Waals surface area contributed by atoms with Crippen molar-refractivity contribution in [2.75, 3.05) is 30.3 Å². The highest BCUT2D eigenvalue weighted by atomic mass is 32.2. The number of primary sulfonamides is 1. The van der Waals surface area contributed by atoms with Crippen molar-refractivity contribution in [2.45, 2.75) is 17.9 Å². The Labute approximate surface area is 156 Å². The van der Waals surface area contributed by atoms with Crippen LogP contribution in [0, 0.1) is 17.2 Å². The van der Waals surface area contributed by atoms with E-state index in [-0.39, 0.29) is 22.2 Å². The first-order chi connectivity index (χ1) is 13.0. The van der Waals surface area contributed by atoms with Gasteiger partial charge in [0, 0.05) is 12.6 Å². The fourth-order valence-electron chi connectivity index (χ4n) is 2.70. The summed E-state index contributed by atoms with van der Waals surface area (Å²) in [5.74, 6) is 1.04. The number of anilines is 3. The second kappa shape index (κ2) is 8.21. The standard InChI is InChI=1S/C15H19N9O2S/c16-6-11-8-21-14(9-19-11)22-13-5-12(15(24-23-13)27(17,25)26)20-7-10-1-3-18-4-2-10/h5,8-10,18H,1-4,7H2,(H2,17,25,26)(H2,20,21,22,23). The maximum absolute atomic E-state index is 11.8. The van der Waals surface area contributed by atoms with Gasteiger partial charge in [0.25, 0.3) is 10.0 Å². The molecule has 2 aromatic heterocycles. The zero-order valence-corrected chi connectivity index (χ0v) is 15.2. The predicted octanol–water partition coefficient (Wildman–Crippen LogP) is -0.0592. The van der Waals surface area contributed by atoms with Crippen molar-refractivity contribution in [3.8, 4) is 6.07 Å². The molecular formula is C15H19N9O2S. The molecule has 12 heteroatoms. The number of hydrogen-bond acceptors (Lipinski definition) is 10. The minimum absolute atomic E-state index is 0.181. The Morgan fingerprint density at radius 2 is 2.00 bits per heavy atom. The fourth-order valence-corrected chi connectivity index (χ4v) is 3.29. The van der Waals surface area contributed by atoms with Gasteiger partial charge in [0.05, 0.1) is 18.1 Å². The van der Waals surface area contributed by atoms with Gasteiger partial charge in [-0.05, 0) is 31.8 Å². The molecule has 0 bridgehead atoms. The van der Waals surface area contributed by atoms with Crippen molar-refractivity contribution >= 4 is 27.3 Å². The Morgan fingerprint density at radius 3 is 2.63 bits per heavy atom. The molecule has 0 radical (unpaired) electrons. The first kappa shape index (κ1) is 18.9. The van der Waals surface area contributed by atoms with E-state index >= 15 is 0 Å². The number of nitrogens with zero attached hydrogens (tertiary/aromatic N) is 5. The molecule has 2 aromatic rings. The van der Waals surface area contributed by atoms with Crippen molar-refractivity contribution in [1.29, 1.82) is 5.26 Å².